The molecule has 29 heavy (non-hydrogen) atoms. The molecule has 1 fully saturated rings. The Kier molecular flexibility index (Phi) is 5.04. The lowest BCUT2D eigenvalue weighted by molar-refractivity contribution is 0.0734. The van der Waals surface area contributed by atoms with Gasteiger partial charge >= 0.3 is 0 Å². The van der Waals surface area contributed by atoms with Crippen molar-refractivity contribution >= 4 is 17.2 Å². The number of thiazole rings is 1. The molecular formula is C21H17F3N2O2S. The maximum Gasteiger partial charge on any atom is 0.266 e. The molecule has 150 valence electrons. The summed E-state index contributed by atoms with van der Waals surface area (Å²) in [5.74, 6) is -5.98. The van der Waals surface area contributed by atoms with Crippen molar-refractivity contribution in [2.45, 2.75) is 32.4 Å². The third kappa shape index (κ3) is 3.72. The maximum absolute atomic E-state index is 14.3. The average molecular weight is 418 g/mol. The fraction of sp³-hybridized carbons (Fsp3) is 0.238. The molecule has 0 spiro atoms. The van der Waals surface area contributed by atoms with E-state index >= 15 is 0 Å². The maximum atomic E-state index is 14.3. The minimum absolute atomic E-state index is 0.00741. The minimum Gasteiger partial charge on any atom is -0.503 e. The fourth-order valence-electron chi connectivity index (χ4n) is 3.12. The van der Waals surface area contributed by atoms with Crippen LogP contribution < -0.4 is 0 Å². The lowest BCUT2D eigenvalue weighted by Gasteiger charge is -2.22. The minimum atomic E-state index is -1.65. The molecule has 1 aromatic heterocycles. The van der Waals surface area contributed by atoms with Crippen LogP contribution in [0.4, 0.5) is 13.2 Å². The Hall–Kier alpha value is -2.87. The number of rotatable bonds is 5. The largest absolute Gasteiger partial charge is 0.503 e. The summed E-state index contributed by atoms with van der Waals surface area (Å²) in [7, 11) is 0. The van der Waals surface area contributed by atoms with Gasteiger partial charge in [-0.25, -0.2) is 13.8 Å². The van der Waals surface area contributed by atoms with Crippen LogP contribution >= 0.6 is 11.3 Å². The van der Waals surface area contributed by atoms with E-state index in [0.717, 1.165) is 29.7 Å². The second kappa shape index (κ2) is 7.51. The van der Waals surface area contributed by atoms with E-state index in [2.05, 4.69) is 4.98 Å². The number of carbonyl (C=O) groups excluding carboxylic acids is 1. The number of phenols is 1. The second-order valence-corrected chi connectivity index (χ2v) is 7.96. The molecule has 1 amide bonds. The molecule has 0 unspecified atom stereocenters. The Bertz CT molecular complexity index is 1080. The molecule has 1 aliphatic carbocycles. The summed E-state index contributed by atoms with van der Waals surface area (Å²) in [6.45, 7) is 2.05. The van der Waals surface area contributed by atoms with Gasteiger partial charge in [0.15, 0.2) is 17.4 Å². The lowest BCUT2D eigenvalue weighted by Crippen LogP contribution is -2.32. The number of halogens is 3. The Morgan fingerprint density at radius 2 is 1.90 bits per heavy atom. The monoisotopic (exact) mass is 418 g/mol. The van der Waals surface area contributed by atoms with Crippen LogP contribution in [0.3, 0.4) is 0 Å². The summed E-state index contributed by atoms with van der Waals surface area (Å²) in [5, 5.41) is 9.47. The van der Waals surface area contributed by atoms with Crippen LogP contribution in [0.1, 0.15) is 33.8 Å². The van der Waals surface area contributed by atoms with Gasteiger partial charge in [-0.1, -0.05) is 30.3 Å². The summed E-state index contributed by atoms with van der Waals surface area (Å²) < 4.78 is 41.3. The van der Waals surface area contributed by atoms with Crippen molar-refractivity contribution in [3.63, 3.8) is 0 Å². The number of aromatic nitrogens is 1. The van der Waals surface area contributed by atoms with Crippen molar-refractivity contribution < 1.29 is 23.1 Å². The summed E-state index contributed by atoms with van der Waals surface area (Å²) >= 11 is 0.900. The third-order valence-electron chi connectivity index (χ3n) is 4.80. The molecule has 4 nitrogen and oxygen atoms in total. The van der Waals surface area contributed by atoms with Crippen LogP contribution in [-0.4, -0.2) is 26.9 Å². The van der Waals surface area contributed by atoms with E-state index in [-0.39, 0.29) is 22.5 Å². The molecule has 1 saturated carbocycles. The highest BCUT2D eigenvalue weighted by Gasteiger charge is 2.35. The van der Waals surface area contributed by atoms with Crippen molar-refractivity contribution in [2.24, 2.45) is 0 Å². The summed E-state index contributed by atoms with van der Waals surface area (Å²) in [6, 6.07) is 10.4. The number of hydrogen-bond acceptors (Lipinski definition) is 4. The van der Waals surface area contributed by atoms with E-state index in [4.69, 9.17) is 0 Å². The zero-order chi connectivity index (χ0) is 20.7. The summed E-state index contributed by atoms with van der Waals surface area (Å²) in [5.41, 5.74) is 0.985. The molecule has 0 bridgehead atoms. The lowest BCUT2D eigenvalue weighted by atomic mass is 10.2. The number of nitrogens with zero attached hydrogens (tertiary/aromatic N) is 2. The van der Waals surface area contributed by atoms with Gasteiger partial charge in [-0.3, -0.25) is 4.79 Å². The highest BCUT2D eigenvalue weighted by Crippen LogP contribution is 2.37. The molecule has 0 radical (unpaired) electrons. The normalized spacial score (nSPS) is 13.5. The highest BCUT2D eigenvalue weighted by molar-refractivity contribution is 7.17. The Labute approximate surface area is 169 Å². The predicted octanol–water partition coefficient (Wildman–Crippen LogP) is 5.05. The SMILES string of the molecule is Cc1nc(-c2cc(F)c(F)c(O)c2F)sc1C(=O)N(Cc1ccccc1)C1CC1. The smallest absolute Gasteiger partial charge is 0.266 e. The number of carbonyl (C=O) groups is 1. The summed E-state index contributed by atoms with van der Waals surface area (Å²) in [6.07, 6.45) is 1.82. The molecule has 2 aromatic carbocycles. The molecule has 0 saturated heterocycles. The van der Waals surface area contributed by atoms with Gasteiger partial charge in [0.25, 0.3) is 5.91 Å². The fourth-order valence-corrected chi connectivity index (χ4v) is 4.15. The van der Waals surface area contributed by atoms with E-state index in [9.17, 15) is 23.1 Å². The molecule has 3 aromatic rings. The number of benzene rings is 2. The van der Waals surface area contributed by atoms with Crippen LogP contribution in [0.15, 0.2) is 36.4 Å². The summed E-state index contributed by atoms with van der Waals surface area (Å²) in [4.78, 5) is 19.4. The number of aryl methyl sites for hydroxylation is 1. The van der Waals surface area contributed by atoms with Gasteiger partial charge in [-0.15, -0.1) is 11.3 Å². The first kappa shape index (κ1) is 19.4. The van der Waals surface area contributed by atoms with Gasteiger partial charge in [0.2, 0.25) is 5.82 Å². The second-order valence-electron chi connectivity index (χ2n) is 6.97. The van der Waals surface area contributed by atoms with Crippen molar-refractivity contribution in [3.05, 3.63) is 70.0 Å². The van der Waals surface area contributed by atoms with Crippen molar-refractivity contribution in [1.29, 1.82) is 0 Å². The first-order valence-electron chi connectivity index (χ1n) is 9.06. The van der Waals surface area contributed by atoms with E-state index < -0.39 is 23.2 Å². The molecule has 8 heteroatoms. The van der Waals surface area contributed by atoms with E-state index in [0.29, 0.717) is 23.2 Å². The first-order chi connectivity index (χ1) is 13.9. The highest BCUT2D eigenvalue weighted by atomic mass is 32.1. The number of hydrogen-bond donors (Lipinski definition) is 1. The molecule has 1 aliphatic rings. The average Bonchev–Trinajstić information content (AvgIpc) is 3.49. The van der Waals surface area contributed by atoms with Gasteiger partial charge in [0, 0.05) is 12.6 Å². The van der Waals surface area contributed by atoms with Crippen LogP contribution in [0.25, 0.3) is 10.6 Å². The predicted molar refractivity (Wildman–Crippen MR) is 103 cm³/mol. The first-order valence-corrected chi connectivity index (χ1v) is 9.87. The topological polar surface area (TPSA) is 53.4 Å². The van der Waals surface area contributed by atoms with Crippen LogP contribution in [0.2, 0.25) is 0 Å². The third-order valence-corrected chi connectivity index (χ3v) is 5.98. The van der Waals surface area contributed by atoms with Gasteiger partial charge in [0.05, 0.1) is 11.3 Å². The van der Waals surface area contributed by atoms with Gasteiger partial charge < -0.3 is 10.0 Å². The Balaban J connectivity index is 1.68. The Morgan fingerprint density at radius 1 is 1.21 bits per heavy atom. The number of aromatic hydroxyl groups is 1. The van der Waals surface area contributed by atoms with Crippen molar-refractivity contribution in [1.82, 2.24) is 9.88 Å². The van der Waals surface area contributed by atoms with Crippen LogP contribution in [-0.2, 0) is 6.54 Å². The molecule has 1 N–H and O–H groups in total. The Morgan fingerprint density at radius 3 is 2.55 bits per heavy atom. The zero-order valence-corrected chi connectivity index (χ0v) is 16.3. The van der Waals surface area contributed by atoms with E-state index in [1.807, 2.05) is 30.3 Å². The number of amides is 1. The molecular weight excluding hydrogens is 401 g/mol. The van der Waals surface area contributed by atoms with E-state index in [1.165, 1.54) is 0 Å². The zero-order valence-electron chi connectivity index (χ0n) is 15.5. The van der Waals surface area contributed by atoms with Crippen LogP contribution in [0, 0.1) is 24.4 Å². The molecule has 4 rings (SSSR count). The molecule has 1 heterocycles. The van der Waals surface area contributed by atoms with Crippen molar-refractivity contribution in [2.75, 3.05) is 0 Å². The van der Waals surface area contributed by atoms with Gasteiger partial charge in [0.1, 0.15) is 9.88 Å². The van der Waals surface area contributed by atoms with E-state index in [1.54, 1.807) is 11.8 Å². The molecule has 0 atom stereocenters. The van der Waals surface area contributed by atoms with Crippen molar-refractivity contribution in [3.8, 4) is 16.3 Å². The quantitative estimate of drug-likeness (QED) is 0.590. The molecule has 0 aliphatic heterocycles. The van der Waals surface area contributed by atoms with Gasteiger partial charge in [-0.2, -0.15) is 4.39 Å². The number of phenolic OH excluding ortho intramolecular Hbond substituents is 1. The van der Waals surface area contributed by atoms with Gasteiger partial charge in [-0.05, 0) is 31.4 Å². The standard InChI is InChI=1S/C21H17F3N2O2S/c1-11-19(21(28)26(13-7-8-13)10-12-5-3-2-4-6-12)29-20(25-11)14-9-15(22)17(24)18(27)16(14)23/h2-6,9,13,27H,7-8,10H2,1H3. The van der Waals surface area contributed by atoms with Crippen LogP contribution in [0.5, 0.6) is 5.75 Å².